The van der Waals surface area contributed by atoms with Gasteiger partial charge < -0.3 is 9.84 Å². The number of pyridine rings is 1. The third-order valence-corrected chi connectivity index (χ3v) is 5.20. The van der Waals surface area contributed by atoms with Crippen molar-refractivity contribution in [2.75, 3.05) is 7.11 Å². The van der Waals surface area contributed by atoms with E-state index in [2.05, 4.69) is 10.1 Å². The van der Waals surface area contributed by atoms with Crippen molar-refractivity contribution >= 4 is 22.6 Å². The van der Waals surface area contributed by atoms with E-state index in [0.29, 0.717) is 28.7 Å². The molecule has 0 radical (unpaired) electrons. The van der Waals surface area contributed by atoms with Crippen LogP contribution < -0.4 is 4.74 Å². The van der Waals surface area contributed by atoms with Gasteiger partial charge in [0.05, 0.1) is 35.3 Å². The predicted molar refractivity (Wildman–Crippen MR) is 111 cm³/mol. The van der Waals surface area contributed by atoms with Gasteiger partial charge in [0.15, 0.2) is 5.65 Å². The monoisotopic (exact) mass is 447 g/mol. The van der Waals surface area contributed by atoms with E-state index in [0.717, 1.165) is 17.4 Å². The van der Waals surface area contributed by atoms with Crippen molar-refractivity contribution in [3.8, 4) is 22.8 Å². The van der Waals surface area contributed by atoms with Gasteiger partial charge in [0.25, 0.3) is 0 Å². The summed E-state index contributed by atoms with van der Waals surface area (Å²) in [5, 5.41) is 15.7. The molecule has 0 atom stereocenters. The molecule has 0 aliphatic carbocycles. The van der Waals surface area contributed by atoms with E-state index in [4.69, 9.17) is 16.3 Å². The minimum Gasteiger partial charge on any atom is -0.507 e. The average molecular weight is 448 g/mol. The largest absolute Gasteiger partial charge is 0.507 e. The maximum Gasteiger partial charge on any atom is 0.416 e. The molecule has 31 heavy (non-hydrogen) atoms. The molecule has 2 aromatic carbocycles. The zero-order valence-electron chi connectivity index (χ0n) is 16.5. The fourth-order valence-corrected chi connectivity index (χ4v) is 3.64. The number of benzene rings is 2. The first-order valence-corrected chi connectivity index (χ1v) is 9.61. The number of hydrogen-bond acceptors (Lipinski definition) is 4. The van der Waals surface area contributed by atoms with E-state index in [1.807, 2.05) is 24.3 Å². The van der Waals surface area contributed by atoms with Gasteiger partial charge in [-0.25, -0.2) is 4.98 Å². The zero-order chi connectivity index (χ0) is 22.3. The molecule has 0 bridgehead atoms. The SMILES string of the molecule is COc1ccc(Cn2cc3c(Cl)cc(-c4c(C)cc(C(F)(F)F)cc4O)nc3n2)cc1. The Balaban J connectivity index is 1.72. The molecule has 2 heterocycles. The number of rotatable bonds is 4. The lowest BCUT2D eigenvalue weighted by Gasteiger charge is -2.13. The van der Waals surface area contributed by atoms with E-state index in [1.165, 1.54) is 13.0 Å². The summed E-state index contributed by atoms with van der Waals surface area (Å²) in [5.74, 6) is 0.225. The van der Waals surface area contributed by atoms with Gasteiger partial charge in [0.1, 0.15) is 11.5 Å². The van der Waals surface area contributed by atoms with Crippen LogP contribution in [0.2, 0.25) is 5.02 Å². The van der Waals surface area contributed by atoms with E-state index >= 15 is 0 Å². The van der Waals surface area contributed by atoms with Crippen LogP contribution in [-0.4, -0.2) is 27.0 Å². The fraction of sp³-hybridized carbons (Fsp3) is 0.182. The van der Waals surface area contributed by atoms with E-state index in [-0.39, 0.29) is 16.8 Å². The van der Waals surface area contributed by atoms with E-state index in [9.17, 15) is 18.3 Å². The first-order chi connectivity index (χ1) is 14.7. The number of fused-ring (bicyclic) bond motifs is 1. The van der Waals surface area contributed by atoms with Crippen molar-refractivity contribution in [2.45, 2.75) is 19.6 Å². The maximum absolute atomic E-state index is 13.0. The van der Waals surface area contributed by atoms with Crippen molar-refractivity contribution < 1.29 is 23.0 Å². The Kier molecular flexibility index (Phi) is 5.26. The number of alkyl halides is 3. The second kappa shape index (κ2) is 7.77. The van der Waals surface area contributed by atoms with Gasteiger partial charge in [-0.2, -0.15) is 18.3 Å². The molecule has 9 heteroatoms. The van der Waals surface area contributed by atoms with Gasteiger partial charge in [-0.05, 0) is 48.4 Å². The number of ether oxygens (including phenoxy) is 1. The molecular weight excluding hydrogens is 431 g/mol. The van der Waals surface area contributed by atoms with Crippen molar-refractivity contribution in [1.82, 2.24) is 14.8 Å². The van der Waals surface area contributed by atoms with Gasteiger partial charge in [0, 0.05) is 11.8 Å². The number of aryl methyl sites for hydroxylation is 1. The molecular formula is C22H17ClF3N3O2. The molecule has 0 spiro atoms. The highest BCUT2D eigenvalue weighted by molar-refractivity contribution is 6.35. The van der Waals surface area contributed by atoms with Crippen LogP contribution in [0.4, 0.5) is 13.2 Å². The fourth-order valence-electron chi connectivity index (χ4n) is 3.40. The first kappa shape index (κ1) is 21.0. The number of methoxy groups -OCH3 is 1. The van der Waals surface area contributed by atoms with Crippen LogP contribution in [-0.2, 0) is 12.7 Å². The molecule has 0 fully saturated rings. The summed E-state index contributed by atoms with van der Waals surface area (Å²) in [4.78, 5) is 4.43. The molecule has 0 amide bonds. The number of phenols is 1. The lowest BCUT2D eigenvalue weighted by Crippen LogP contribution is -2.05. The third-order valence-electron chi connectivity index (χ3n) is 4.89. The van der Waals surface area contributed by atoms with Gasteiger partial charge in [0.2, 0.25) is 0 Å². The number of nitrogens with zero attached hydrogens (tertiary/aromatic N) is 3. The molecule has 2 aromatic heterocycles. The topological polar surface area (TPSA) is 60.2 Å². The minimum atomic E-state index is -4.56. The van der Waals surface area contributed by atoms with Gasteiger partial charge in [-0.15, -0.1) is 0 Å². The Morgan fingerprint density at radius 1 is 1.13 bits per heavy atom. The summed E-state index contributed by atoms with van der Waals surface area (Å²) in [6, 6.07) is 10.7. The molecule has 4 aromatic rings. The van der Waals surface area contributed by atoms with Crippen LogP contribution in [0, 0.1) is 6.92 Å². The van der Waals surface area contributed by atoms with Crippen LogP contribution >= 0.6 is 11.6 Å². The van der Waals surface area contributed by atoms with Crippen molar-refractivity contribution in [1.29, 1.82) is 0 Å². The number of halogens is 4. The lowest BCUT2D eigenvalue weighted by molar-refractivity contribution is -0.137. The van der Waals surface area contributed by atoms with Gasteiger partial charge in [-0.3, -0.25) is 4.68 Å². The minimum absolute atomic E-state index is 0.182. The van der Waals surface area contributed by atoms with Crippen molar-refractivity contribution in [3.63, 3.8) is 0 Å². The Morgan fingerprint density at radius 2 is 1.84 bits per heavy atom. The highest BCUT2D eigenvalue weighted by atomic mass is 35.5. The Bertz CT molecular complexity index is 1240. The number of aromatic hydroxyl groups is 1. The Hall–Kier alpha value is -3.26. The highest BCUT2D eigenvalue weighted by Crippen LogP contribution is 2.39. The molecule has 1 N–H and O–H groups in total. The summed E-state index contributed by atoms with van der Waals surface area (Å²) in [6.07, 6.45) is -2.81. The molecule has 4 rings (SSSR count). The summed E-state index contributed by atoms with van der Waals surface area (Å²) in [7, 11) is 1.59. The summed E-state index contributed by atoms with van der Waals surface area (Å²) < 4.78 is 45.9. The van der Waals surface area contributed by atoms with Crippen LogP contribution in [0.3, 0.4) is 0 Å². The summed E-state index contributed by atoms with van der Waals surface area (Å²) in [6.45, 7) is 1.95. The molecule has 0 saturated heterocycles. The highest BCUT2D eigenvalue weighted by Gasteiger charge is 2.32. The lowest BCUT2D eigenvalue weighted by atomic mass is 10.00. The number of aromatic nitrogens is 3. The average Bonchev–Trinajstić information content (AvgIpc) is 3.10. The van der Waals surface area contributed by atoms with Crippen molar-refractivity contribution in [3.05, 3.63) is 70.4 Å². The predicted octanol–water partition coefficient (Wildman–Crippen LogP) is 5.84. The summed E-state index contributed by atoms with van der Waals surface area (Å²) in [5.41, 5.74) is 1.04. The standard InChI is InChI=1S/C22H17ClF3N3O2/c1-12-7-14(22(24,25)26)8-19(30)20(12)18-9-17(23)16-11-29(28-21(16)27-18)10-13-3-5-15(31-2)6-4-13/h3-9,11,30H,10H2,1-2H3. The van der Waals surface area contributed by atoms with Crippen LogP contribution in [0.1, 0.15) is 16.7 Å². The second-order valence-corrected chi connectivity index (χ2v) is 7.49. The molecule has 0 aliphatic heterocycles. The third kappa shape index (κ3) is 4.16. The summed E-state index contributed by atoms with van der Waals surface area (Å²) >= 11 is 6.41. The molecule has 5 nitrogen and oxygen atoms in total. The smallest absolute Gasteiger partial charge is 0.416 e. The van der Waals surface area contributed by atoms with Crippen LogP contribution in [0.15, 0.2) is 48.7 Å². The van der Waals surface area contributed by atoms with Crippen LogP contribution in [0.5, 0.6) is 11.5 Å². The first-order valence-electron chi connectivity index (χ1n) is 9.23. The number of hydrogen-bond donors (Lipinski definition) is 1. The van der Waals surface area contributed by atoms with E-state index in [1.54, 1.807) is 18.0 Å². The van der Waals surface area contributed by atoms with Gasteiger partial charge in [-0.1, -0.05) is 23.7 Å². The molecule has 0 unspecified atom stereocenters. The normalized spacial score (nSPS) is 11.8. The van der Waals surface area contributed by atoms with E-state index < -0.39 is 17.5 Å². The molecule has 160 valence electrons. The Labute approximate surface area is 180 Å². The second-order valence-electron chi connectivity index (χ2n) is 7.09. The quantitative estimate of drug-likeness (QED) is 0.427. The maximum atomic E-state index is 13.0. The molecule has 0 aliphatic rings. The number of phenolic OH excluding ortho intramolecular Hbond substituents is 1. The van der Waals surface area contributed by atoms with Crippen LogP contribution in [0.25, 0.3) is 22.3 Å². The Morgan fingerprint density at radius 3 is 2.45 bits per heavy atom. The van der Waals surface area contributed by atoms with Gasteiger partial charge >= 0.3 is 6.18 Å². The van der Waals surface area contributed by atoms with Crippen molar-refractivity contribution in [2.24, 2.45) is 0 Å². The zero-order valence-corrected chi connectivity index (χ0v) is 17.3. The molecule has 0 saturated carbocycles.